The Bertz CT molecular complexity index is 228. The van der Waals surface area contributed by atoms with E-state index >= 15 is 0 Å². The molecule has 0 spiro atoms. The lowest BCUT2D eigenvalue weighted by molar-refractivity contribution is 1.03. The maximum Gasteiger partial charge on any atom is 0.149 e. The maximum atomic E-state index is 4.33. The van der Waals surface area contributed by atoms with Gasteiger partial charge in [0.2, 0.25) is 0 Å². The van der Waals surface area contributed by atoms with E-state index in [1.807, 2.05) is 5.51 Å². The second kappa shape index (κ2) is 3.58. The molecule has 0 atom stereocenters. The van der Waals surface area contributed by atoms with Gasteiger partial charge in [0, 0.05) is 11.9 Å². The first-order valence-corrected chi connectivity index (χ1v) is 8.60. The zero-order chi connectivity index (χ0) is 9.19. The zero-order valence-electron chi connectivity index (χ0n) is 8.16. The fourth-order valence-corrected chi connectivity index (χ4v) is 3.71. The number of anilines is 1. The smallest absolute Gasteiger partial charge is 0.149 e. The molecule has 0 amide bonds. The summed E-state index contributed by atoms with van der Waals surface area (Å²) in [5.41, 5.74) is 1.90. The van der Waals surface area contributed by atoms with Gasteiger partial charge in [0.15, 0.2) is 0 Å². The van der Waals surface area contributed by atoms with Gasteiger partial charge in [-0.2, -0.15) is 0 Å². The van der Waals surface area contributed by atoms with Crippen molar-refractivity contribution in [2.45, 2.75) is 26.6 Å². The van der Waals surface area contributed by atoms with Gasteiger partial charge in [0.05, 0.1) is 5.51 Å². The van der Waals surface area contributed by atoms with Crippen LogP contribution < -0.4 is 4.57 Å². The molecule has 4 heteroatoms. The lowest BCUT2D eigenvalue weighted by Crippen LogP contribution is -2.46. The molecule has 0 saturated heterocycles. The van der Waals surface area contributed by atoms with Crippen LogP contribution in [0.25, 0.3) is 0 Å². The van der Waals surface area contributed by atoms with Crippen molar-refractivity contribution in [3.05, 3.63) is 10.9 Å². The van der Waals surface area contributed by atoms with Gasteiger partial charge in [-0.15, -0.1) is 11.3 Å². The fraction of sp³-hybridized carbons (Fsp3) is 0.625. The Labute approximate surface area is 79.3 Å². The third-order valence-electron chi connectivity index (χ3n) is 1.82. The van der Waals surface area contributed by atoms with E-state index in [0.717, 1.165) is 12.4 Å². The molecular formula is C8H16N2SSi. The molecule has 0 aromatic carbocycles. The van der Waals surface area contributed by atoms with Crippen LogP contribution in [0.15, 0.2) is 10.9 Å². The Balaban J connectivity index is 2.84. The highest BCUT2D eigenvalue weighted by Crippen LogP contribution is 2.20. The lowest BCUT2D eigenvalue weighted by atomic mass is 10.7. The molecule has 68 valence electrons. The summed E-state index contributed by atoms with van der Waals surface area (Å²) in [6, 6.07) is 0. The number of rotatable bonds is 3. The van der Waals surface area contributed by atoms with Crippen LogP contribution in [0.2, 0.25) is 19.6 Å². The third kappa shape index (κ3) is 2.07. The summed E-state index contributed by atoms with van der Waals surface area (Å²) in [4.78, 5) is 4.33. The van der Waals surface area contributed by atoms with Crippen molar-refractivity contribution in [1.82, 2.24) is 4.98 Å². The van der Waals surface area contributed by atoms with E-state index in [1.54, 1.807) is 11.3 Å². The van der Waals surface area contributed by atoms with Crippen molar-refractivity contribution in [1.29, 1.82) is 0 Å². The van der Waals surface area contributed by atoms with Crippen molar-refractivity contribution in [3.8, 4) is 0 Å². The molecule has 0 N–H and O–H groups in total. The summed E-state index contributed by atoms with van der Waals surface area (Å²) in [5.74, 6) is 1.15. The minimum atomic E-state index is -1.21. The molecule has 0 aliphatic rings. The highest BCUT2D eigenvalue weighted by atomic mass is 32.1. The van der Waals surface area contributed by atoms with Crippen LogP contribution in [0.1, 0.15) is 6.92 Å². The van der Waals surface area contributed by atoms with Crippen LogP contribution in [0, 0.1) is 0 Å². The fourth-order valence-electron chi connectivity index (χ4n) is 1.32. The van der Waals surface area contributed by atoms with Crippen LogP contribution in [-0.2, 0) is 0 Å². The number of thiazole rings is 1. The largest absolute Gasteiger partial charge is 0.383 e. The molecule has 1 aromatic rings. The predicted octanol–water partition coefficient (Wildman–Crippen LogP) is 2.80. The van der Waals surface area contributed by atoms with Gasteiger partial charge in [-0.3, -0.25) is 0 Å². The molecule has 12 heavy (non-hydrogen) atoms. The average molecular weight is 200 g/mol. The zero-order valence-corrected chi connectivity index (χ0v) is 9.98. The van der Waals surface area contributed by atoms with Crippen molar-refractivity contribution < 1.29 is 0 Å². The highest BCUT2D eigenvalue weighted by molar-refractivity contribution is 7.08. The number of aromatic nitrogens is 1. The normalized spacial score (nSPS) is 11.7. The van der Waals surface area contributed by atoms with E-state index in [-0.39, 0.29) is 0 Å². The van der Waals surface area contributed by atoms with Gasteiger partial charge in [0.1, 0.15) is 14.1 Å². The Morgan fingerprint density at radius 1 is 1.50 bits per heavy atom. The first kappa shape index (κ1) is 9.73. The molecule has 0 bridgehead atoms. The maximum absolute atomic E-state index is 4.33. The van der Waals surface area contributed by atoms with Gasteiger partial charge in [-0.05, 0) is 6.92 Å². The molecule has 1 heterocycles. The molecule has 0 aliphatic heterocycles. The Kier molecular flexibility index (Phi) is 2.90. The van der Waals surface area contributed by atoms with Crippen molar-refractivity contribution >= 4 is 25.4 Å². The summed E-state index contributed by atoms with van der Waals surface area (Å²) in [5, 5.41) is 2.13. The molecule has 0 fully saturated rings. The standard InChI is InChI=1S/C8H16N2SSi/c1-5-10(12(2,3)4)8-6-11-7-9-8/h6-7H,5H2,1-4H3. The Morgan fingerprint density at radius 3 is 2.50 bits per heavy atom. The van der Waals surface area contributed by atoms with Crippen LogP contribution in [0.5, 0.6) is 0 Å². The summed E-state index contributed by atoms with van der Waals surface area (Å²) in [7, 11) is -1.21. The lowest BCUT2D eigenvalue weighted by Gasteiger charge is -2.33. The second-order valence-corrected chi connectivity index (χ2v) is 9.36. The van der Waals surface area contributed by atoms with Crippen LogP contribution in [0.3, 0.4) is 0 Å². The topological polar surface area (TPSA) is 16.1 Å². The minimum Gasteiger partial charge on any atom is -0.383 e. The molecular weight excluding hydrogens is 184 g/mol. The van der Waals surface area contributed by atoms with Crippen molar-refractivity contribution in [2.24, 2.45) is 0 Å². The number of hydrogen-bond acceptors (Lipinski definition) is 3. The van der Waals surface area contributed by atoms with Gasteiger partial charge in [-0.25, -0.2) is 4.98 Å². The number of hydrogen-bond donors (Lipinski definition) is 0. The van der Waals surface area contributed by atoms with Crippen molar-refractivity contribution in [3.63, 3.8) is 0 Å². The highest BCUT2D eigenvalue weighted by Gasteiger charge is 2.23. The van der Waals surface area contributed by atoms with Gasteiger partial charge < -0.3 is 4.57 Å². The summed E-state index contributed by atoms with van der Waals surface area (Å²) < 4.78 is 2.43. The van der Waals surface area contributed by atoms with E-state index in [0.29, 0.717) is 0 Å². The van der Waals surface area contributed by atoms with Gasteiger partial charge in [0.25, 0.3) is 0 Å². The Morgan fingerprint density at radius 2 is 2.17 bits per heavy atom. The molecule has 2 nitrogen and oxygen atoms in total. The van der Waals surface area contributed by atoms with E-state index < -0.39 is 8.24 Å². The Hall–Kier alpha value is -0.353. The second-order valence-electron chi connectivity index (χ2n) is 3.76. The molecule has 0 radical (unpaired) electrons. The van der Waals surface area contributed by atoms with E-state index in [1.165, 1.54) is 0 Å². The molecule has 0 aliphatic carbocycles. The van der Waals surface area contributed by atoms with Crippen LogP contribution >= 0.6 is 11.3 Å². The van der Waals surface area contributed by atoms with Crippen LogP contribution in [0.4, 0.5) is 5.82 Å². The molecule has 1 aromatic heterocycles. The first-order chi connectivity index (χ1) is 5.55. The molecule has 0 unspecified atom stereocenters. The molecule has 1 rings (SSSR count). The average Bonchev–Trinajstić information content (AvgIpc) is 2.38. The van der Waals surface area contributed by atoms with E-state index in [9.17, 15) is 0 Å². The quantitative estimate of drug-likeness (QED) is 0.698. The predicted molar refractivity (Wildman–Crippen MR) is 58.5 cm³/mol. The summed E-state index contributed by atoms with van der Waals surface area (Å²) >= 11 is 1.67. The van der Waals surface area contributed by atoms with Crippen LogP contribution in [-0.4, -0.2) is 19.8 Å². The third-order valence-corrected chi connectivity index (χ3v) is 4.56. The minimum absolute atomic E-state index is 1.07. The summed E-state index contributed by atoms with van der Waals surface area (Å²) in [6.45, 7) is 10.3. The summed E-state index contributed by atoms with van der Waals surface area (Å²) in [6.07, 6.45) is 0. The monoisotopic (exact) mass is 200 g/mol. The SMILES string of the molecule is CCN(c1cscn1)[Si](C)(C)C. The molecule has 0 saturated carbocycles. The van der Waals surface area contributed by atoms with E-state index in [2.05, 4.69) is 41.5 Å². The van der Waals surface area contributed by atoms with E-state index in [4.69, 9.17) is 0 Å². The van der Waals surface area contributed by atoms with Crippen molar-refractivity contribution in [2.75, 3.05) is 11.1 Å². The number of nitrogens with zero attached hydrogens (tertiary/aromatic N) is 2. The first-order valence-electron chi connectivity index (χ1n) is 4.21. The van der Waals surface area contributed by atoms with Gasteiger partial charge >= 0.3 is 0 Å². The van der Waals surface area contributed by atoms with Gasteiger partial charge in [-0.1, -0.05) is 19.6 Å².